The van der Waals surface area contributed by atoms with Crippen molar-refractivity contribution in [3.8, 4) is 0 Å². The van der Waals surface area contributed by atoms with Crippen LogP contribution in [0.15, 0.2) is 36.4 Å². The number of hydrogen-bond acceptors (Lipinski definition) is 2. The number of halogens is 2. The van der Waals surface area contributed by atoms with E-state index in [0.717, 1.165) is 11.1 Å². The van der Waals surface area contributed by atoms with Gasteiger partial charge in [-0.05, 0) is 50.1 Å². The third-order valence-electron chi connectivity index (χ3n) is 4.25. The summed E-state index contributed by atoms with van der Waals surface area (Å²) in [4.78, 5) is 26.4. The Labute approximate surface area is 146 Å². The fourth-order valence-corrected chi connectivity index (χ4v) is 2.61. The number of carbonyl (C=O) groups excluding carboxylic acids is 2. The van der Waals surface area contributed by atoms with Crippen molar-refractivity contribution in [1.82, 2.24) is 4.90 Å². The largest absolute Gasteiger partial charge is 0.331 e. The third kappa shape index (κ3) is 3.49. The molecule has 0 saturated heterocycles. The number of ketones is 1. The Kier molecular flexibility index (Phi) is 5.40. The van der Waals surface area contributed by atoms with Gasteiger partial charge in [-0.2, -0.15) is 0 Å². The van der Waals surface area contributed by atoms with E-state index in [-0.39, 0.29) is 16.4 Å². The fourth-order valence-electron chi connectivity index (χ4n) is 2.37. The van der Waals surface area contributed by atoms with E-state index < -0.39 is 17.8 Å². The van der Waals surface area contributed by atoms with Crippen LogP contribution in [0.25, 0.3) is 0 Å². The first-order valence-corrected chi connectivity index (χ1v) is 7.94. The molecule has 1 amide bonds. The zero-order valence-electron chi connectivity index (χ0n) is 14.1. The number of hydrogen-bond donors (Lipinski definition) is 0. The highest BCUT2D eigenvalue weighted by molar-refractivity contribution is 6.33. The molecule has 2 rings (SSSR count). The molecule has 1 atom stereocenters. The molecule has 0 saturated carbocycles. The average molecular weight is 348 g/mol. The van der Waals surface area contributed by atoms with E-state index in [2.05, 4.69) is 0 Å². The summed E-state index contributed by atoms with van der Waals surface area (Å²) >= 11 is 5.94. The van der Waals surface area contributed by atoms with Gasteiger partial charge in [-0.1, -0.05) is 29.8 Å². The number of benzene rings is 2. The van der Waals surface area contributed by atoms with Crippen LogP contribution in [0.1, 0.15) is 38.8 Å². The highest BCUT2D eigenvalue weighted by atomic mass is 35.5. The van der Waals surface area contributed by atoms with Crippen molar-refractivity contribution in [1.29, 1.82) is 0 Å². The number of Topliss-reactive ketones (excluding diaryl/α,β-unsaturated/α-hetero) is 1. The number of rotatable bonds is 4. The maximum absolute atomic E-state index is 13.9. The van der Waals surface area contributed by atoms with Crippen molar-refractivity contribution in [3.63, 3.8) is 0 Å². The molecule has 0 fully saturated rings. The summed E-state index contributed by atoms with van der Waals surface area (Å²) in [6.45, 7) is 5.50. The molecule has 3 nitrogen and oxygen atoms in total. The van der Waals surface area contributed by atoms with Gasteiger partial charge in [0.05, 0.1) is 16.6 Å². The monoisotopic (exact) mass is 347 g/mol. The lowest BCUT2D eigenvalue weighted by atomic mass is 9.99. The highest BCUT2D eigenvalue weighted by Crippen LogP contribution is 2.22. The van der Waals surface area contributed by atoms with Crippen molar-refractivity contribution in [2.75, 3.05) is 7.05 Å². The van der Waals surface area contributed by atoms with Crippen LogP contribution in [0.4, 0.5) is 4.39 Å². The number of carbonyl (C=O) groups is 2. The maximum Gasteiger partial charge on any atom is 0.258 e. The summed E-state index contributed by atoms with van der Waals surface area (Å²) in [7, 11) is 1.47. The molecule has 0 aliphatic heterocycles. The Morgan fingerprint density at radius 3 is 2.38 bits per heavy atom. The number of aryl methyl sites for hydroxylation is 2. The molecule has 0 radical (unpaired) electrons. The van der Waals surface area contributed by atoms with Crippen molar-refractivity contribution < 1.29 is 14.0 Å². The first-order valence-electron chi connectivity index (χ1n) is 7.56. The van der Waals surface area contributed by atoms with E-state index in [9.17, 15) is 14.0 Å². The first-order chi connectivity index (χ1) is 11.2. The van der Waals surface area contributed by atoms with Crippen molar-refractivity contribution in [2.24, 2.45) is 0 Å². The van der Waals surface area contributed by atoms with Gasteiger partial charge in [0.2, 0.25) is 0 Å². The van der Waals surface area contributed by atoms with Crippen LogP contribution in [0.2, 0.25) is 5.02 Å². The summed E-state index contributed by atoms with van der Waals surface area (Å²) in [5.74, 6) is -1.53. The molecule has 2 aromatic carbocycles. The van der Waals surface area contributed by atoms with Gasteiger partial charge >= 0.3 is 0 Å². The van der Waals surface area contributed by atoms with Crippen molar-refractivity contribution >= 4 is 23.3 Å². The van der Waals surface area contributed by atoms with Gasteiger partial charge < -0.3 is 4.90 Å². The minimum Gasteiger partial charge on any atom is -0.331 e. The van der Waals surface area contributed by atoms with Crippen LogP contribution in [0.3, 0.4) is 0 Å². The fraction of sp³-hybridized carbons (Fsp3) is 0.263. The molecule has 0 bridgehead atoms. The Morgan fingerprint density at radius 1 is 1.12 bits per heavy atom. The lowest BCUT2D eigenvalue weighted by Crippen LogP contribution is -2.40. The third-order valence-corrected chi connectivity index (χ3v) is 4.56. The molecule has 0 aliphatic rings. The van der Waals surface area contributed by atoms with Crippen molar-refractivity contribution in [3.05, 3.63) is 69.5 Å². The molecular weight excluding hydrogens is 329 g/mol. The number of amides is 1. The standard InChI is InChI=1S/C19H19ClFNO2/c1-11-8-9-14(10-12(11)2)18(23)13(3)22(4)19(24)17-15(20)6-5-7-16(17)21/h5-10,13H,1-4H3. The number of likely N-dealkylation sites (N-methyl/N-ethyl adjacent to an activating group) is 1. The second-order valence-electron chi connectivity index (χ2n) is 5.85. The zero-order chi connectivity index (χ0) is 18.0. The molecule has 24 heavy (non-hydrogen) atoms. The average Bonchev–Trinajstić information content (AvgIpc) is 2.55. The Bertz CT molecular complexity index is 784. The first kappa shape index (κ1) is 18.1. The second-order valence-corrected chi connectivity index (χ2v) is 6.26. The molecule has 0 heterocycles. The maximum atomic E-state index is 13.9. The van der Waals surface area contributed by atoms with E-state index in [4.69, 9.17) is 11.6 Å². The highest BCUT2D eigenvalue weighted by Gasteiger charge is 2.27. The van der Waals surface area contributed by atoms with E-state index in [1.165, 1.54) is 30.1 Å². The Balaban J connectivity index is 2.28. The zero-order valence-corrected chi connectivity index (χ0v) is 14.8. The quantitative estimate of drug-likeness (QED) is 0.767. The minimum atomic E-state index is -0.740. The van der Waals surface area contributed by atoms with Gasteiger partial charge in [0, 0.05) is 12.6 Å². The van der Waals surface area contributed by atoms with Gasteiger partial charge in [0.25, 0.3) is 5.91 Å². The second kappa shape index (κ2) is 7.14. The summed E-state index contributed by atoms with van der Waals surface area (Å²) in [5.41, 5.74) is 2.38. The minimum absolute atomic E-state index is 0.0256. The van der Waals surface area contributed by atoms with Crippen LogP contribution in [0.5, 0.6) is 0 Å². The summed E-state index contributed by atoms with van der Waals surface area (Å²) in [6.07, 6.45) is 0. The number of nitrogens with zero attached hydrogens (tertiary/aromatic N) is 1. The van der Waals surface area contributed by atoms with Crippen LogP contribution in [0, 0.1) is 19.7 Å². The molecule has 5 heteroatoms. The molecule has 1 unspecified atom stereocenters. The SMILES string of the molecule is Cc1ccc(C(=O)C(C)N(C)C(=O)c2c(F)cccc2Cl)cc1C. The topological polar surface area (TPSA) is 37.4 Å². The molecule has 0 spiro atoms. The van der Waals surface area contributed by atoms with Crippen LogP contribution >= 0.6 is 11.6 Å². The predicted molar refractivity (Wildman–Crippen MR) is 93.2 cm³/mol. The summed E-state index contributed by atoms with van der Waals surface area (Å²) in [5, 5.41) is 0.0256. The van der Waals surface area contributed by atoms with Gasteiger partial charge in [-0.25, -0.2) is 4.39 Å². The van der Waals surface area contributed by atoms with Crippen LogP contribution in [-0.2, 0) is 0 Å². The molecule has 0 N–H and O–H groups in total. The molecule has 2 aromatic rings. The smallest absolute Gasteiger partial charge is 0.258 e. The normalized spacial score (nSPS) is 11.9. The van der Waals surface area contributed by atoms with Crippen molar-refractivity contribution in [2.45, 2.75) is 26.8 Å². The van der Waals surface area contributed by atoms with Crippen LogP contribution < -0.4 is 0 Å². The van der Waals surface area contributed by atoms with Gasteiger partial charge in [0.15, 0.2) is 5.78 Å². The van der Waals surface area contributed by atoms with Gasteiger partial charge in [0.1, 0.15) is 5.82 Å². The lowest BCUT2D eigenvalue weighted by molar-refractivity contribution is 0.0671. The van der Waals surface area contributed by atoms with Crippen LogP contribution in [-0.4, -0.2) is 29.7 Å². The van der Waals surface area contributed by atoms with E-state index >= 15 is 0 Å². The van der Waals surface area contributed by atoms with E-state index in [1.54, 1.807) is 19.1 Å². The molecular formula is C19H19ClFNO2. The van der Waals surface area contributed by atoms with Gasteiger partial charge in [-0.15, -0.1) is 0 Å². The molecule has 0 aromatic heterocycles. The Hall–Kier alpha value is -2.20. The van der Waals surface area contributed by atoms with E-state index in [1.807, 2.05) is 19.9 Å². The lowest BCUT2D eigenvalue weighted by Gasteiger charge is -2.24. The predicted octanol–water partition coefficient (Wildman–Crippen LogP) is 4.44. The molecule has 126 valence electrons. The van der Waals surface area contributed by atoms with E-state index in [0.29, 0.717) is 5.56 Å². The Morgan fingerprint density at radius 2 is 1.79 bits per heavy atom. The van der Waals surface area contributed by atoms with Gasteiger partial charge in [-0.3, -0.25) is 9.59 Å². The summed E-state index contributed by atoms with van der Waals surface area (Å²) in [6, 6.07) is 8.70. The molecule has 0 aliphatic carbocycles. The summed E-state index contributed by atoms with van der Waals surface area (Å²) < 4.78 is 13.9.